The molecule has 1 N–H and O–H groups in total. The predicted octanol–water partition coefficient (Wildman–Crippen LogP) is 4.82. The monoisotopic (exact) mass is 450 g/mol. The molecule has 5 nitrogen and oxygen atoms in total. The third kappa shape index (κ3) is 3.85. The van der Waals surface area contributed by atoms with E-state index >= 15 is 0 Å². The fraction of sp³-hybridized carbons (Fsp3) is 0.100. The lowest BCUT2D eigenvalue weighted by Gasteiger charge is -2.18. The van der Waals surface area contributed by atoms with Gasteiger partial charge in [0.25, 0.3) is 0 Å². The average molecular weight is 451 g/mol. The second-order valence-corrected chi connectivity index (χ2v) is 8.74. The molecule has 0 aliphatic carbocycles. The van der Waals surface area contributed by atoms with Crippen molar-refractivity contribution in [2.24, 2.45) is 0 Å². The molecule has 2 aromatic carbocycles. The van der Waals surface area contributed by atoms with Crippen LogP contribution in [0.1, 0.15) is 27.3 Å². The molecule has 1 aliphatic rings. The Bertz CT molecular complexity index is 1190. The maximum Gasteiger partial charge on any atom is 0.356 e. The van der Waals surface area contributed by atoms with Crippen molar-refractivity contribution in [2.45, 2.75) is 5.75 Å². The maximum absolute atomic E-state index is 13.2. The third-order valence-electron chi connectivity index (χ3n) is 4.46. The largest absolute Gasteiger partial charge is 0.476 e. The van der Waals surface area contributed by atoms with E-state index in [1.807, 2.05) is 0 Å². The summed E-state index contributed by atoms with van der Waals surface area (Å²) in [5.41, 5.74) is 2.50. The van der Waals surface area contributed by atoms with Gasteiger partial charge in [-0.15, -0.1) is 0 Å². The number of halogens is 3. The summed E-state index contributed by atoms with van der Waals surface area (Å²) in [7, 11) is -1.30. The zero-order valence-electron chi connectivity index (χ0n) is 14.7. The van der Waals surface area contributed by atoms with Crippen molar-refractivity contribution in [2.75, 3.05) is 5.75 Å². The van der Waals surface area contributed by atoms with Gasteiger partial charge in [0.2, 0.25) is 0 Å². The number of rotatable bonds is 3. The molecule has 1 unspecified atom stereocenters. The maximum atomic E-state index is 13.2. The van der Waals surface area contributed by atoms with Crippen molar-refractivity contribution in [3.8, 4) is 5.69 Å². The molecule has 1 aromatic heterocycles. The number of carboxylic acid groups (broad SMARTS) is 1. The first kappa shape index (κ1) is 19.8. The van der Waals surface area contributed by atoms with Gasteiger partial charge in [-0.05, 0) is 47.5 Å². The molecule has 0 amide bonds. The van der Waals surface area contributed by atoms with E-state index in [2.05, 4.69) is 5.10 Å². The average Bonchev–Trinajstić information content (AvgIpc) is 3.03. The van der Waals surface area contributed by atoms with E-state index in [1.54, 1.807) is 30.3 Å². The fourth-order valence-electron chi connectivity index (χ4n) is 3.24. The SMILES string of the molecule is O=C(O)c1nn(-c2ccc(Cl)cc2Cl)c2c1CS(=O)CC2=Cc1ccc(F)cc1. The number of benzene rings is 2. The molecular weight excluding hydrogens is 438 g/mol. The van der Waals surface area contributed by atoms with Gasteiger partial charge < -0.3 is 5.11 Å². The number of fused-ring (bicyclic) bond motifs is 1. The molecular formula is C20H13Cl2FN2O3S. The normalized spacial score (nSPS) is 17.3. The molecule has 0 radical (unpaired) electrons. The van der Waals surface area contributed by atoms with Gasteiger partial charge >= 0.3 is 5.97 Å². The highest BCUT2D eigenvalue weighted by atomic mass is 35.5. The Hall–Kier alpha value is -2.48. The number of nitrogens with zero attached hydrogens (tertiary/aromatic N) is 2. The molecule has 29 heavy (non-hydrogen) atoms. The van der Waals surface area contributed by atoms with Crippen LogP contribution in [0.25, 0.3) is 17.3 Å². The molecule has 1 aliphatic heterocycles. The quantitative estimate of drug-likeness (QED) is 0.620. The molecule has 3 aromatic rings. The molecule has 0 saturated heterocycles. The lowest BCUT2D eigenvalue weighted by atomic mass is 10.0. The van der Waals surface area contributed by atoms with Crippen LogP contribution in [-0.4, -0.2) is 30.8 Å². The number of aromatic nitrogens is 2. The Morgan fingerprint density at radius 1 is 1.17 bits per heavy atom. The van der Waals surface area contributed by atoms with Crippen LogP contribution < -0.4 is 0 Å². The van der Waals surface area contributed by atoms with Crippen molar-refractivity contribution in [3.05, 3.63) is 80.8 Å². The second-order valence-electron chi connectivity index (χ2n) is 6.44. The van der Waals surface area contributed by atoms with Crippen molar-refractivity contribution >= 4 is 51.6 Å². The van der Waals surface area contributed by atoms with Crippen LogP contribution in [0.2, 0.25) is 10.0 Å². The summed E-state index contributed by atoms with van der Waals surface area (Å²) in [4.78, 5) is 11.8. The fourth-order valence-corrected chi connectivity index (χ4v) is 4.99. The van der Waals surface area contributed by atoms with Gasteiger partial charge in [-0.1, -0.05) is 35.3 Å². The molecule has 0 bridgehead atoms. The van der Waals surface area contributed by atoms with Crippen LogP contribution in [0.3, 0.4) is 0 Å². The van der Waals surface area contributed by atoms with Crippen molar-refractivity contribution in [3.63, 3.8) is 0 Å². The summed E-state index contributed by atoms with van der Waals surface area (Å²) in [6, 6.07) is 10.6. The van der Waals surface area contributed by atoms with Gasteiger partial charge in [0.15, 0.2) is 5.69 Å². The zero-order valence-corrected chi connectivity index (χ0v) is 17.1. The highest BCUT2D eigenvalue weighted by molar-refractivity contribution is 7.84. The molecule has 0 saturated carbocycles. The number of carbonyl (C=O) groups is 1. The van der Waals surface area contributed by atoms with E-state index in [1.165, 1.54) is 22.9 Å². The molecule has 9 heteroatoms. The van der Waals surface area contributed by atoms with E-state index in [0.29, 0.717) is 38.1 Å². The molecule has 1 atom stereocenters. The van der Waals surface area contributed by atoms with Crippen molar-refractivity contribution < 1.29 is 18.5 Å². The van der Waals surface area contributed by atoms with Gasteiger partial charge in [-0.25, -0.2) is 13.9 Å². The molecule has 0 fully saturated rings. The number of carboxylic acids is 1. The summed E-state index contributed by atoms with van der Waals surface area (Å²) in [6.07, 6.45) is 1.75. The van der Waals surface area contributed by atoms with Crippen molar-refractivity contribution in [1.29, 1.82) is 0 Å². The van der Waals surface area contributed by atoms with E-state index in [4.69, 9.17) is 23.2 Å². The minimum Gasteiger partial charge on any atom is -0.476 e. The van der Waals surface area contributed by atoms with E-state index < -0.39 is 16.8 Å². The van der Waals surface area contributed by atoms with Crippen LogP contribution in [0, 0.1) is 5.82 Å². The summed E-state index contributed by atoms with van der Waals surface area (Å²) in [6.45, 7) is 0. The molecule has 148 valence electrons. The lowest BCUT2D eigenvalue weighted by Crippen LogP contribution is -2.16. The number of hydrogen-bond acceptors (Lipinski definition) is 3. The Kier molecular flexibility index (Phi) is 5.29. The smallest absolute Gasteiger partial charge is 0.356 e. The first-order valence-corrected chi connectivity index (χ1v) is 10.7. The van der Waals surface area contributed by atoms with Crippen LogP contribution in [0.15, 0.2) is 42.5 Å². The van der Waals surface area contributed by atoms with E-state index in [9.17, 15) is 18.5 Å². The minimum atomic E-state index is -1.30. The molecule has 0 spiro atoms. The Balaban J connectivity index is 1.97. The van der Waals surface area contributed by atoms with Gasteiger partial charge in [0.05, 0.1) is 27.9 Å². The highest BCUT2D eigenvalue weighted by Crippen LogP contribution is 2.35. The zero-order chi connectivity index (χ0) is 20.7. The number of aromatic carboxylic acids is 1. The molecule has 4 rings (SSSR count). The van der Waals surface area contributed by atoms with Gasteiger partial charge in [-0.3, -0.25) is 4.21 Å². The Morgan fingerprint density at radius 3 is 2.55 bits per heavy atom. The molecule has 2 heterocycles. The van der Waals surface area contributed by atoms with E-state index in [0.717, 1.165) is 0 Å². The Labute approximate surface area is 177 Å². The van der Waals surface area contributed by atoms with Gasteiger partial charge in [0, 0.05) is 21.4 Å². The second kappa shape index (κ2) is 7.74. The summed E-state index contributed by atoms with van der Waals surface area (Å²) in [5.74, 6) is -1.31. The summed E-state index contributed by atoms with van der Waals surface area (Å²) >= 11 is 12.3. The van der Waals surface area contributed by atoms with Crippen LogP contribution in [-0.2, 0) is 16.6 Å². The standard InChI is InChI=1S/C20H13Cl2FN2O3S/c21-13-3-6-17(16(22)8-13)25-19-12(7-11-1-4-14(23)5-2-11)9-29(28)10-15(19)18(24-25)20(26)27/h1-8H,9-10H2,(H,26,27). The summed E-state index contributed by atoms with van der Waals surface area (Å²) < 4.78 is 27.1. The van der Waals surface area contributed by atoms with Gasteiger partial charge in [0.1, 0.15) is 5.82 Å². The van der Waals surface area contributed by atoms with Crippen LogP contribution >= 0.6 is 23.2 Å². The van der Waals surface area contributed by atoms with E-state index in [-0.39, 0.29) is 23.0 Å². The number of hydrogen-bond donors (Lipinski definition) is 1. The lowest BCUT2D eigenvalue weighted by molar-refractivity contribution is 0.0689. The first-order chi connectivity index (χ1) is 13.8. The first-order valence-electron chi connectivity index (χ1n) is 8.45. The van der Waals surface area contributed by atoms with Crippen LogP contribution in [0.5, 0.6) is 0 Å². The third-order valence-corrected chi connectivity index (χ3v) is 6.24. The van der Waals surface area contributed by atoms with Gasteiger partial charge in [-0.2, -0.15) is 5.10 Å². The predicted molar refractivity (Wildman–Crippen MR) is 112 cm³/mol. The topological polar surface area (TPSA) is 72.2 Å². The highest BCUT2D eigenvalue weighted by Gasteiger charge is 2.31. The van der Waals surface area contributed by atoms with Crippen LogP contribution in [0.4, 0.5) is 4.39 Å². The van der Waals surface area contributed by atoms with Crippen molar-refractivity contribution in [1.82, 2.24) is 9.78 Å². The minimum absolute atomic E-state index is 0.0724. The Morgan fingerprint density at radius 2 is 1.90 bits per heavy atom. The summed E-state index contributed by atoms with van der Waals surface area (Å²) in [5, 5.41) is 14.6.